The first kappa shape index (κ1) is 9.52. The molecule has 0 atom stereocenters. The number of esters is 1. The van der Waals surface area contributed by atoms with E-state index < -0.39 is 0 Å². The summed E-state index contributed by atoms with van der Waals surface area (Å²) in [5, 5.41) is 0. The van der Waals surface area contributed by atoms with Crippen molar-refractivity contribution in [3.05, 3.63) is 48.4 Å². The molecule has 0 aromatic heterocycles. The topological polar surface area (TPSA) is 26.3 Å². The van der Waals surface area contributed by atoms with Crippen LogP contribution in [0, 0.1) is 6.92 Å². The van der Waals surface area contributed by atoms with Gasteiger partial charge in [0.1, 0.15) is 0 Å². The minimum atomic E-state index is -0.358. The zero-order chi connectivity index (χ0) is 9.68. The highest BCUT2D eigenvalue weighted by Gasteiger charge is 1.93. The van der Waals surface area contributed by atoms with Crippen LogP contribution >= 0.6 is 0 Å². The monoisotopic (exact) mass is 175 g/mol. The Morgan fingerprint density at radius 3 is 2.77 bits per heavy atom. The highest BCUT2D eigenvalue weighted by Crippen LogP contribution is 2.08. The normalized spacial score (nSPS) is 10.3. The molecule has 0 aliphatic carbocycles. The first-order valence-electron chi connectivity index (χ1n) is 3.91. The van der Waals surface area contributed by atoms with E-state index in [4.69, 9.17) is 0 Å². The molecule has 0 amide bonds. The predicted octanol–water partition coefficient (Wildman–Crippen LogP) is 2.05. The molecule has 0 fully saturated rings. The van der Waals surface area contributed by atoms with Crippen LogP contribution in [-0.4, -0.2) is 13.1 Å². The maximum Gasteiger partial charge on any atom is 0.330 e. The largest absolute Gasteiger partial charge is 0.466 e. The van der Waals surface area contributed by atoms with E-state index in [1.54, 1.807) is 6.08 Å². The van der Waals surface area contributed by atoms with Gasteiger partial charge in [0.05, 0.1) is 7.11 Å². The average molecular weight is 175 g/mol. The predicted molar refractivity (Wildman–Crippen MR) is 52.0 cm³/mol. The van der Waals surface area contributed by atoms with Crippen molar-refractivity contribution in [2.45, 2.75) is 0 Å². The lowest BCUT2D eigenvalue weighted by molar-refractivity contribution is -0.134. The molecule has 0 heterocycles. The van der Waals surface area contributed by atoms with Crippen LogP contribution in [0.2, 0.25) is 0 Å². The van der Waals surface area contributed by atoms with Crippen molar-refractivity contribution >= 4 is 12.0 Å². The van der Waals surface area contributed by atoms with Gasteiger partial charge in [-0.05, 0) is 24.1 Å². The van der Waals surface area contributed by atoms with Crippen molar-refractivity contribution in [2.75, 3.05) is 7.11 Å². The summed E-state index contributed by atoms with van der Waals surface area (Å²) >= 11 is 0. The van der Waals surface area contributed by atoms with E-state index in [1.165, 1.54) is 13.2 Å². The Labute approximate surface area is 77.8 Å². The number of methoxy groups -OCH3 is 1. The number of hydrogen-bond acceptors (Lipinski definition) is 2. The molecule has 0 N–H and O–H groups in total. The summed E-state index contributed by atoms with van der Waals surface area (Å²) in [5.74, 6) is -0.358. The first-order chi connectivity index (χ1) is 6.24. The lowest BCUT2D eigenvalue weighted by atomic mass is 10.1. The van der Waals surface area contributed by atoms with Gasteiger partial charge in [0, 0.05) is 6.08 Å². The van der Waals surface area contributed by atoms with Crippen LogP contribution in [-0.2, 0) is 9.53 Å². The first-order valence-corrected chi connectivity index (χ1v) is 3.91. The van der Waals surface area contributed by atoms with E-state index >= 15 is 0 Å². The van der Waals surface area contributed by atoms with Gasteiger partial charge < -0.3 is 4.74 Å². The molecule has 0 unspecified atom stereocenters. The van der Waals surface area contributed by atoms with E-state index in [2.05, 4.69) is 11.7 Å². The van der Waals surface area contributed by atoms with Gasteiger partial charge in [-0.2, -0.15) is 0 Å². The Bertz CT molecular complexity index is 327. The van der Waals surface area contributed by atoms with Gasteiger partial charge in [0.2, 0.25) is 0 Å². The van der Waals surface area contributed by atoms with Gasteiger partial charge in [-0.3, -0.25) is 0 Å². The highest BCUT2D eigenvalue weighted by atomic mass is 16.5. The van der Waals surface area contributed by atoms with Crippen molar-refractivity contribution in [3.8, 4) is 0 Å². The molecule has 2 nitrogen and oxygen atoms in total. The molecular weight excluding hydrogens is 164 g/mol. The van der Waals surface area contributed by atoms with E-state index in [0.29, 0.717) is 0 Å². The number of hydrogen-bond donors (Lipinski definition) is 0. The average Bonchev–Trinajstić information content (AvgIpc) is 2.16. The SMILES string of the molecule is [CH2]c1ccccc1/C=C/C(=O)OC. The third kappa shape index (κ3) is 2.75. The number of rotatable bonds is 2. The third-order valence-electron chi connectivity index (χ3n) is 1.66. The highest BCUT2D eigenvalue weighted by molar-refractivity contribution is 5.87. The molecule has 1 aromatic carbocycles. The van der Waals surface area contributed by atoms with Crippen LogP contribution < -0.4 is 0 Å². The van der Waals surface area contributed by atoms with Gasteiger partial charge in [0.25, 0.3) is 0 Å². The van der Waals surface area contributed by atoms with E-state index in [0.717, 1.165) is 11.1 Å². The molecular formula is C11H11O2. The van der Waals surface area contributed by atoms with Crippen LogP contribution in [0.25, 0.3) is 6.08 Å². The standard InChI is InChI=1S/C11H11O2/c1-9-5-3-4-6-10(9)7-8-11(12)13-2/h3-8H,1H2,2H3/b8-7+. The lowest BCUT2D eigenvalue weighted by Crippen LogP contribution is -1.93. The summed E-state index contributed by atoms with van der Waals surface area (Å²) in [5.41, 5.74) is 1.82. The Balaban J connectivity index is 2.80. The number of carbonyl (C=O) groups excluding carboxylic acids is 1. The summed E-state index contributed by atoms with van der Waals surface area (Å²) in [6, 6.07) is 7.57. The van der Waals surface area contributed by atoms with Gasteiger partial charge in [-0.15, -0.1) is 0 Å². The third-order valence-corrected chi connectivity index (χ3v) is 1.66. The molecule has 0 saturated heterocycles. The quantitative estimate of drug-likeness (QED) is 0.508. The van der Waals surface area contributed by atoms with Crippen LogP contribution in [0.5, 0.6) is 0 Å². The molecule has 0 saturated carbocycles. The Morgan fingerprint density at radius 2 is 2.15 bits per heavy atom. The number of carbonyl (C=O) groups is 1. The minimum Gasteiger partial charge on any atom is -0.466 e. The number of benzene rings is 1. The zero-order valence-electron chi connectivity index (χ0n) is 7.49. The van der Waals surface area contributed by atoms with Crippen molar-refractivity contribution in [3.63, 3.8) is 0 Å². The van der Waals surface area contributed by atoms with Crippen molar-refractivity contribution in [1.29, 1.82) is 0 Å². The Hall–Kier alpha value is -1.57. The minimum absolute atomic E-state index is 0.358. The summed E-state index contributed by atoms with van der Waals surface area (Å²) < 4.78 is 4.47. The van der Waals surface area contributed by atoms with E-state index in [-0.39, 0.29) is 5.97 Å². The van der Waals surface area contributed by atoms with E-state index in [1.807, 2.05) is 24.3 Å². The molecule has 0 aliphatic rings. The second-order valence-electron chi connectivity index (χ2n) is 2.56. The van der Waals surface area contributed by atoms with Crippen molar-refractivity contribution < 1.29 is 9.53 Å². The van der Waals surface area contributed by atoms with Crippen molar-refractivity contribution in [2.24, 2.45) is 0 Å². The summed E-state index contributed by atoms with van der Waals surface area (Å²) in [4.78, 5) is 10.8. The Morgan fingerprint density at radius 1 is 1.46 bits per heavy atom. The molecule has 2 heteroatoms. The molecule has 0 spiro atoms. The van der Waals surface area contributed by atoms with Crippen molar-refractivity contribution in [1.82, 2.24) is 0 Å². The smallest absolute Gasteiger partial charge is 0.330 e. The second kappa shape index (κ2) is 4.45. The van der Waals surface area contributed by atoms with Gasteiger partial charge >= 0.3 is 5.97 Å². The van der Waals surface area contributed by atoms with E-state index in [9.17, 15) is 4.79 Å². The fourth-order valence-electron chi connectivity index (χ4n) is 0.923. The lowest BCUT2D eigenvalue weighted by Gasteiger charge is -1.97. The maximum absolute atomic E-state index is 10.8. The fraction of sp³-hybridized carbons (Fsp3) is 0.0909. The zero-order valence-corrected chi connectivity index (χ0v) is 7.49. The maximum atomic E-state index is 10.8. The molecule has 1 aromatic rings. The molecule has 67 valence electrons. The Kier molecular flexibility index (Phi) is 3.26. The van der Waals surface area contributed by atoms with Gasteiger partial charge in [0.15, 0.2) is 0 Å². The molecule has 1 radical (unpaired) electrons. The fourth-order valence-corrected chi connectivity index (χ4v) is 0.923. The molecule has 0 aliphatic heterocycles. The summed E-state index contributed by atoms with van der Waals surface area (Å²) in [6.07, 6.45) is 3.07. The summed E-state index contributed by atoms with van der Waals surface area (Å²) in [7, 11) is 1.35. The van der Waals surface area contributed by atoms with Gasteiger partial charge in [-0.1, -0.05) is 24.3 Å². The molecule has 13 heavy (non-hydrogen) atoms. The van der Waals surface area contributed by atoms with Crippen LogP contribution in [0.15, 0.2) is 30.3 Å². The van der Waals surface area contributed by atoms with Gasteiger partial charge in [-0.25, -0.2) is 4.79 Å². The molecule has 1 rings (SSSR count). The van der Waals surface area contributed by atoms with Crippen LogP contribution in [0.4, 0.5) is 0 Å². The molecule has 0 bridgehead atoms. The summed E-state index contributed by atoms with van der Waals surface area (Å²) in [6.45, 7) is 3.82. The second-order valence-corrected chi connectivity index (χ2v) is 2.56. The number of ether oxygens (including phenoxy) is 1. The van der Waals surface area contributed by atoms with Crippen LogP contribution in [0.1, 0.15) is 11.1 Å². The van der Waals surface area contributed by atoms with Crippen LogP contribution in [0.3, 0.4) is 0 Å².